The molecule has 0 saturated carbocycles. The van der Waals surface area contributed by atoms with Gasteiger partial charge in [0.15, 0.2) is 9.84 Å². The lowest BCUT2D eigenvalue weighted by molar-refractivity contribution is 0.497. The van der Waals surface area contributed by atoms with Crippen LogP contribution in [0.5, 0.6) is 0 Å². The van der Waals surface area contributed by atoms with Crippen LogP contribution in [0.25, 0.3) is 0 Å². The molecule has 0 atom stereocenters. The third-order valence-electron chi connectivity index (χ3n) is 2.96. The molecule has 102 valence electrons. The van der Waals surface area contributed by atoms with E-state index in [1.807, 2.05) is 0 Å². The molecule has 1 aromatic rings. The largest absolute Gasteiger partial charge is 0.313 e. The average molecular weight is 290 g/mol. The van der Waals surface area contributed by atoms with Gasteiger partial charge in [-0.3, -0.25) is 0 Å². The Hall–Kier alpha value is -0.580. The van der Waals surface area contributed by atoms with Crippen LogP contribution in [0.1, 0.15) is 26.7 Å². The molecule has 0 aliphatic carbocycles. The molecule has 5 heteroatoms. The van der Waals surface area contributed by atoms with Crippen LogP contribution in [0, 0.1) is 0 Å². The van der Waals surface area contributed by atoms with E-state index in [1.165, 1.54) is 0 Å². The summed E-state index contributed by atoms with van der Waals surface area (Å²) >= 11 is 5.91. The fourth-order valence-electron chi connectivity index (χ4n) is 1.78. The van der Waals surface area contributed by atoms with Crippen LogP contribution < -0.4 is 5.32 Å². The van der Waals surface area contributed by atoms with Gasteiger partial charge in [0.1, 0.15) is 0 Å². The zero-order chi connectivity index (χ0) is 13.6. The smallest absolute Gasteiger partial charge is 0.181 e. The van der Waals surface area contributed by atoms with E-state index in [1.54, 1.807) is 24.3 Å². The van der Waals surface area contributed by atoms with Crippen LogP contribution in [0.3, 0.4) is 0 Å². The zero-order valence-corrected chi connectivity index (χ0v) is 12.4. The SMILES string of the molecule is CCC(CC)NCCS(=O)(=O)c1ccccc1Cl. The maximum atomic E-state index is 12.1. The molecular weight excluding hydrogens is 270 g/mol. The maximum absolute atomic E-state index is 12.1. The maximum Gasteiger partial charge on any atom is 0.181 e. The molecule has 0 aliphatic rings. The molecule has 0 amide bonds. The predicted octanol–water partition coefficient (Wildman–Crippen LogP) is 2.89. The van der Waals surface area contributed by atoms with Crippen LogP contribution in [0.4, 0.5) is 0 Å². The average Bonchev–Trinajstić information content (AvgIpc) is 2.35. The lowest BCUT2D eigenvalue weighted by Crippen LogP contribution is -2.32. The highest BCUT2D eigenvalue weighted by molar-refractivity contribution is 7.91. The molecule has 18 heavy (non-hydrogen) atoms. The van der Waals surface area contributed by atoms with Crippen molar-refractivity contribution in [3.8, 4) is 0 Å². The first-order chi connectivity index (χ1) is 8.51. The summed E-state index contributed by atoms with van der Waals surface area (Å²) in [5.41, 5.74) is 0. The second-order valence-electron chi connectivity index (χ2n) is 4.22. The molecule has 1 aromatic carbocycles. The van der Waals surface area contributed by atoms with Crippen molar-refractivity contribution >= 4 is 21.4 Å². The van der Waals surface area contributed by atoms with Crippen LogP contribution >= 0.6 is 11.6 Å². The van der Waals surface area contributed by atoms with Crippen molar-refractivity contribution in [2.24, 2.45) is 0 Å². The molecule has 0 bridgehead atoms. The number of sulfone groups is 1. The Bertz CT molecular complexity index is 470. The van der Waals surface area contributed by atoms with Gasteiger partial charge in [-0.05, 0) is 25.0 Å². The molecule has 1 rings (SSSR count). The van der Waals surface area contributed by atoms with E-state index in [9.17, 15) is 8.42 Å². The zero-order valence-electron chi connectivity index (χ0n) is 10.8. The molecule has 0 heterocycles. The fraction of sp³-hybridized carbons (Fsp3) is 0.538. The minimum atomic E-state index is -3.30. The number of hydrogen-bond donors (Lipinski definition) is 1. The number of nitrogens with one attached hydrogen (secondary N) is 1. The lowest BCUT2D eigenvalue weighted by atomic mass is 10.2. The normalized spacial score (nSPS) is 12.0. The van der Waals surface area contributed by atoms with E-state index in [0.717, 1.165) is 12.8 Å². The Kier molecular flexibility index (Phi) is 6.12. The molecule has 0 radical (unpaired) electrons. The van der Waals surface area contributed by atoms with Gasteiger partial charge >= 0.3 is 0 Å². The summed E-state index contributed by atoms with van der Waals surface area (Å²) in [6, 6.07) is 6.94. The predicted molar refractivity (Wildman–Crippen MR) is 75.9 cm³/mol. The molecule has 0 aliphatic heterocycles. The van der Waals surface area contributed by atoms with E-state index in [-0.39, 0.29) is 10.6 Å². The quantitative estimate of drug-likeness (QED) is 0.839. The molecule has 0 aromatic heterocycles. The van der Waals surface area contributed by atoms with Gasteiger partial charge in [0.2, 0.25) is 0 Å². The summed E-state index contributed by atoms with van der Waals surface area (Å²) in [4.78, 5) is 0.220. The van der Waals surface area contributed by atoms with E-state index in [4.69, 9.17) is 11.6 Å². The standard InChI is InChI=1S/C13H20ClNO2S/c1-3-11(4-2)15-9-10-18(16,17)13-8-6-5-7-12(13)14/h5-8,11,15H,3-4,9-10H2,1-2H3. The molecular formula is C13H20ClNO2S. The molecule has 0 fully saturated rings. The van der Waals surface area contributed by atoms with Gasteiger partial charge in [-0.2, -0.15) is 0 Å². The van der Waals surface area contributed by atoms with Crippen molar-refractivity contribution in [3.63, 3.8) is 0 Å². The molecule has 0 spiro atoms. The highest BCUT2D eigenvalue weighted by Crippen LogP contribution is 2.21. The summed E-state index contributed by atoms with van der Waals surface area (Å²) in [5.74, 6) is 0.0766. The van der Waals surface area contributed by atoms with Crippen LogP contribution in [0.2, 0.25) is 5.02 Å². The van der Waals surface area contributed by atoms with E-state index < -0.39 is 9.84 Å². The summed E-state index contributed by atoms with van der Waals surface area (Å²) in [6.45, 7) is 4.63. The Labute approximate surface area is 114 Å². The Morgan fingerprint density at radius 3 is 2.39 bits per heavy atom. The first-order valence-electron chi connectivity index (χ1n) is 6.22. The Balaban J connectivity index is 2.64. The van der Waals surface area contributed by atoms with Gasteiger partial charge in [-0.15, -0.1) is 0 Å². The van der Waals surface area contributed by atoms with Crippen LogP contribution in [0.15, 0.2) is 29.2 Å². The van der Waals surface area contributed by atoms with Crippen molar-refractivity contribution in [1.29, 1.82) is 0 Å². The minimum absolute atomic E-state index is 0.0766. The van der Waals surface area contributed by atoms with Crippen LogP contribution in [-0.2, 0) is 9.84 Å². The topological polar surface area (TPSA) is 46.2 Å². The van der Waals surface area contributed by atoms with Crippen molar-refractivity contribution in [2.75, 3.05) is 12.3 Å². The minimum Gasteiger partial charge on any atom is -0.313 e. The van der Waals surface area contributed by atoms with E-state index in [0.29, 0.717) is 17.6 Å². The highest BCUT2D eigenvalue weighted by Gasteiger charge is 2.17. The second kappa shape index (κ2) is 7.12. The second-order valence-corrected chi connectivity index (χ2v) is 6.70. The molecule has 1 N–H and O–H groups in total. The monoisotopic (exact) mass is 289 g/mol. The van der Waals surface area contributed by atoms with E-state index in [2.05, 4.69) is 19.2 Å². The fourth-order valence-corrected chi connectivity index (χ4v) is 3.53. The number of halogens is 1. The summed E-state index contributed by atoms with van der Waals surface area (Å²) < 4.78 is 24.2. The van der Waals surface area contributed by atoms with Gasteiger partial charge < -0.3 is 5.32 Å². The van der Waals surface area contributed by atoms with Crippen LogP contribution in [-0.4, -0.2) is 26.8 Å². The molecule has 3 nitrogen and oxygen atoms in total. The summed E-state index contributed by atoms with van der Waals surface area (Å²) in [5, 5.41) is 3.53. The number of rotatable bonds is 7. The first kappa shape index (κ1) is 15.5. The number of hydrogen-bond acceptors (Lipinski definition) is 3. The van der Waals surface area contributed by atoms with Gasteiger partial charge in [0, 0.05) is 12.6 Å². The first-order valence-corrected chi connectivity index (χ1v) is 8.25. The highest BCUT2D eigenvalue weighted by atomic mass is 35.5. The summed E-state index contributed by atoms with van der Waals surface area (Å²) in [6.07, 6.45) is 2.01. The van der Waals surface area contributed by atoms with Crippen molar-refractivity contribution in [1.82, 2.24) is 5.32 Å². The lowest BCUT2D eigenvalue weighted by Gasteiger charge is -2.14. The Morgan fingerprint density at radius 2 is 1.83 bits per heavy atom. The van der Waals surface area contributed by atoms with Gasteiger partial charge in [-0.1, -0.05) is 37.6 Å². The van der Waals surface area contributed by atoms with E-state index >= 15 is 0 Å². The van der Waals surface area contributed by atoms with Gasteiger partial charge in [-0.25, -0.2) is 8.42 Å². The summed E-state index contributed by atoms with van der Waals surface area (Å²) in [7, 11) is -3.30. The molecule has 0 saturated heterocycles. The molecule has 0 unspecified atom stereocenters. The number of benzene rings is 1. The van der Waals surface area contributed by atoms with Gasteiger partial charge in [0.05, 0.1) is 15.7 Å². The van der Waals surface area contributed by atoms with Crippen molar-refractivity contribution in [2.45, 2.75) is 37.6 Å². The van der Waals surface area contributed by atoms with Gasteiger partial charge in [0.25, 0.3) is 0 Å². The van der Waals surface area contributed by atoms with Crippen molar-refractivity contribution < 1.29 is 8.42 Å². The third kappa shape index (κ3) is 4.26. The van der Waals surface area contributed by atoms with Crippen molar-refractivity contribution in [3.05, 3.63) is 29.3 Å². The Morgan fingerprint density at radius 1 is 1.22 bits per heavy atom. The third-order valence-corrected chi connectivity index (χ3v) is 5.17.